The Morgan fingerprint density at radius 2 is 0.667 bits per heavy atom. The zero-order valence-corrected chi connectivity index (χ0v) is 9.56. The molecule has 0 aliphatic carbocycles. The molecule has 0 saturated carbocycles. The first-order valence-electron chi connectivity index (χ1n) is 0.671. The van der Waals surface area contributed by atoms with Gasteiger partial charge in [-0.25, -0.2) is 0 Å². The molecular weight excluding hydrogens is 580 g/mol. The number of hydrogen-bond donors (Lipinski definition) is 0. The largest absolute Gasteiger partial charge is 3.00 e. The zero-order valence-electron chi connectivity index (χ0n) is 3.75. The van der Waals surface area contributed by atoms with E-state index in [1.165, 1.54) is 0 Å². The van der Waals surface area contributed by atoms with E-state index in [0.29, 0.717) is 0 Å². The molecule has 0 aromatic carbocycles. The Labute approximate surface area is 102 Å². The van der Waals surface area contributed by atoms with E-state index < -0.39 is 0 Å². The molecule has 0 aromatic heterocycles. The van der Waals surface area contributed by atoms with Crippen molar-refractivity contribution in [1.82, 2.24) is 0 Å². The van der Waals surface area contributed by atoms with Crippen LogP contribution in [0.4, 0.5) is 0 Å². The Bertz CT molecular complexity index is 45.5. The maximum atomic E-state index is 6.25. The predicted molar refractivity (Wildman–Crippen MR) is 14.9 cm³/mol. The smallest absolute Gasteiger partial charge is 0.512 e. The summed E-state index contributed by atoms with van der Waals surface area (Å²) >= 11 is 0. The molecule has 0 bridgehead atoms. The van der Waals surface area contributed by atoms with E-state index >= 15 is 0 Å². The second-order valence-electron chi connectivity index (χ2n) is 0. The van der Waals surface area contributed by atoms with Crippen molar-refractivity contribution >= 4 is 0 Å². The summed E-state index contributed by atoms with van der Waals surface area (Å²) in [5.41, 5.74) is 0. The molecule has 0 fully saturated rings. The number of rotatable bonds is 0. The summed E-state index contributed by atoms with van der Waals surface area (Å²) in [6.45, 7) is 14.2. The van der Waals surface area contributed by atoms with Crippen LogP contribution >= 0.6 is 0 Å². The third kappa shape index (κ3) is 815. The second-order valence-corrected chi connectivity index (χ2v) is 0. The topological polar surface area (TPSA) is 71.4 Å². The number of nitrogens with zero attached hydrogens (tertiary/aromatic N) is 3. The van der Waals surface area contributed by atoms with E-state index in [4.69, 9.17) is 35.5 Å². The predicted octanol–water partition coefficient (Wildman–Crippen LogP) is 0.282. The van der Waals surface area contributed by atoms with Crippen LogP contribution in [0.2, 0.25) is 0 Å². The van der Waals surface area contributed by atoms with Crippen molar-refractivity contribution in [3.8, 4) is 0 Å². The van der Waals surface area contributed by atoms with Crippen LogP contribution in [0, 0.1) is 35.5 Å². The van der Waals surface area contributed by atoms with E-state index in [9.17, 15) is 0 Å². The monoisotopic (exact) mass is 579 g/mol. The summed E-state index contributed by atoms with van der Waals surface area (Å²) in [6.07, 6.45) is 0. The Hall–Kier alpha value is 0.691. The third-order valence-corrected chi connectivity index (χ3v) is 0. The molecule has 0 rings (SSSR count). The van der Waals surface area contributed by atoms with Crippen molar-refractivity contribution in [2.24, 2.45) is 0 Å². The maximum Gasteiger partial charge on any atom is 3.00 e. The van der Waals surface area contributed by atoms with E-state index in [2.05, 4.69) is 0 Å². The Kier molecular flexibility index (Phi) is 6430. The Morgan fingerprint density at radius 1 is 0.667 bits per heavy atom. The van der Waals surface area contributed by atoms with Crippen LogP contribution in [0.3, 0.4) is 0 Å². The summed E-state index contributed by atoms with van der Waals surface area (Å²) < 4.78 is 0. The van der Waals surface area contributed by atoms with Crippen LogP contribution in [0.25, 0.3) is 0 Å². The average Bonchev–Trinajstić information content (AvgIpc) is 1.81. The summed E-state index contributed by atoms with van der Waals surface area (Å²) in [7, 11) is 0. The van der Waals surface area contributed by atoms with Gasteiger partial charge >= 0.3 is 22.4 Å². The first kappa shape index (κ1) is 53.7. The first-order chi connectivity index (χ1) is 3.00. The molecule has 0 spiro atoms. The minimum absolute atomic E-state index is 0. The van der Waals surface area contributed by atoms with Gasteiger partial charge < -0.3 is 35.5 Å². The fourth-order valence-corrected chi connectivity index (χ4v) is 0. The Balaban J connectivity index is -0.00000000321. The average molecular weight is 580 g/mol. The van der Waals surface area contributed by atoms with Crippen LogP contribution < -0.4 is 0 Å². The molecule has 6 heteroatoms. The van der Waals surface area contributed by atoms with Gasteiger partial charge in [-0.1, -0.05) is 0 Å². The normalized spacial score (nSPS) is 0.667. The SMILES string of the molecule is [Ag].[Au+3].[Au].[C-]#N.[C-]#N.[C-]#N. The van der Waals surface area contributed by atoms with Gasteiger partial charge in [0.2, 0.25) is 0 Å². The molecule has 0 N–H and O–H groups in total. The van der Waals surface area contributed by atoms with Gasteiger partial charge in [0, 0.05) is 44.8 Å². The fourth-order valence-electron chi connectivity index (χ4n) is 0. The summed E-state index contributed by atoms with van der Waals surface area (Å²) in [4.78, 5) is 0. The van der Waals surface area contributed by atoms with Crippen molar-refractivity contribution < 1.29 is 67.1 Å². The van der Waals surface area contributed by atoms with Gasteiger partial charge in [-0.15, -0.1) is 0 Å². The zero-order chi connectivity index (χ0) is 6.00. The molecule has 60 valence electrons. The van der Waals surface area contributed by atoms with E-state index in [1.54, 1.807) is 0 Å². The molecule has 0 aliphatic rings. The van der Waals surface area contributed by atoms with Crippen LogP contribution in [0.15, 0.2) is 0 Å². The van der Waals surface area contributed by atoms with Crippen molar-refractivity contribution in [2.75, 3.05) is 0 Å². The van der Waals surface area contributed by atoms with Gasteiger partial charge in [0.15, 0.2) is 0 Å². The van der Waals surface area contributed by atoms with Crippen LogP contribution in [0.1, 0.15) is 0 Å². The van der Waals surface area contributed by atoms with Gasteiger partial charge in [-0.2, -0.15) is 0 Å². The second kappa shape index (κ2) is 1080. The molecule has 0 heterocycles. The first-order valence-corrected chi connectivity index (χ1v) is 0.671. The van der Waals surface area contributed by atoms with Gasteiger partial charge in [-0.3, -0.25) is 0 Å². The van der Waals surface area contributed by atoms with Crippen LogP contribution in [0.5, 0.6) is 0 Å². The van der Waals surface area contributed by atoms with E-state index in [0.717, 1.165) is 0 Å². The van der Waals surface area contributed by atoms with Crippen molar-refractivity contribution in [1.29, 1.82) is 15.8 Å². The third-order valence-electron chi connectivity index (χ3n) is 0. The molecule has 0 unspecified atom stereocenters. The van der Waals surface area contributed by atoms with Crippen LogP contribution in [-0.4, -0.2) is 0 Å². The number of hydrogen-bond acceptors (Lipinski definition) is 3. The van der Waals surface area contributed by atoms with Gasteiger partial charge in [0.1, 0.15) is 0 Å². The minimum atomic E-state index is 0. The fraction of sp³-hybridized carbons (Fsp3) is 0. The van der Waals surface area contributed by atoms with Gasteiger partial charge in [0.05, 0.1) is 0 Å². The molecule has 0 aliphatic heterocycles. The molecule has 3 nitrogen and oxygen atoms in total. The van der Waals surface area contributed by atoms with E-state index in [1.807, 2.05) is 0 Å². The summed E-state index contributed by atoms with van der Waals surface area (Å²) in [6, 6.07) is 0. The standard InChI is InChI=1S/3CN.Ag.2Au/c3*1-2;;;/q3*-1;;;+3. The molecular formula is C3AgAu2N3. The molecule has 0 saturated heterocycles. The summed E-state index contributed by atoms with van der Waals surface area (Å²) in [5.74, 6) is 0. The molecule has 0 aromatic rings. The molecule has 0 atom stereocenters. The van der Waals surface area contributed by atoms with Crippen molar-refractivity contribution in [3.63, 3.8) is 0 Å². The minimum Gasteiger partial charge on any atom is -0.512 e. The maximum absolute atomic E-state index is 6.25. The van der Waals surface area contributed by atoms with Crippen molar-refractivity contribution in [3.05, 3.63) is 19.7 Å². The molecule has 9 heavy (non-hydrogen) atoms. The van der Waals surface area contributed by atoms with Gasteiger partial charge in [0.25, 0.3) is 0 Å². The Morgan fingerprint density at radius 3 is 0.667 bits per heavy atom. The summed E-state index contributed by atoms with van der Waals surface area (Å²) in [5, 5.41) is 18.8. The molecule has 2 radical (unpaired) electrons. The van der Waals surface area contributed by atoms with Crippen molar-refractivity contribution in [2.45, 2.75) is 0 Å². The van der Waals surface area contributed by atoms with Gasteiger partial charge in [-0.05, 0) is 0 Å². The van der Waals surface area contributed by atoms with Crippen LogP contribution in [-0.2, 0) is 67.1 Å². The molecule has 0 amide bonds. The quantitative estimate of drug-likeness (QED) is 0.306. The van der Waals surface area contributed by atoms with E-state index in [-0.39, 0.29) is 67.1 Å².